The van der Waals surface area contributed by atoms with Gasteiger partial charge in [0, 0.05) is 18.5 Å². The highest BCUT2D eigenvalue weighted by Crippen LogP contribution is 2.38. The van der Waals surface area contributed by atoms with Crippen LogP contribution in [0.15, 0.2) is 23.2 Å². The Morgan fingerprint density at radius 2 is 2.32 bits per heavy atom. The fourth-order valence-corrected chi connectivity index (χ4v) is 3.65. The average Bonchev–Trinajstić information content (AvgIpc) is 3.13. The van der Waals surface area contributed by atoms with Gasteiger partial charge in [0.15, 0.2) is 0 Å². The lowest BCUT2D eigenvalue weighted by atomic mass is 9.88. The van der Waals surface area contributed by atoms with Crippen LogP contribution in [-0.2, 0) is 11.3 Å². The van der Waals surface area contributed by atoms with E-state index in [-0.39, 0.29) is 5.78 Å². The van der Waals surface area contributed by atoms with Crippen LogP contribution in [0.25, 0.3) is 0 Å². The van der Waals surface area contributed by atoms with Gasteiger partial charge in [-0.25, -0.2) is 0 Å². The monoisotopic (exact) mass is 320 g/mol. The normalized spacial score (nSPS) is 25.6. The van der Waals surface area contributed by atoms with Crippen molar-refractivity contribution in [1.29, 1.82) is 0 Å². The number of carbonyl (C=O) groups excluding carboxylic acids is 1. The third-order valence-electron chi connectivity index (χ3n) is 4.38. The molecule has 0 saturated heterocycles. The zero-order chi connectivity index (χ0) is 15.9. The third kappa shape index (κ3) is 2.11. The van der Waals surface area contributed by atoms with Crippen LogP contribution < -0.4 is 0 Å². The van der Waals surface area contributed by atoms with Crippen LogP contribution in [0.3, 0.4) is 0 Å². The molecule has 2 atom stereocenters. The maximum absolute atomic E-state index is 13.1. The first-order chi connectivity index (χ1) is 10.5. The molecule has 2 aliphatic heterocycles. The molecule has 0 saturated carbocycles. The van der Waals surface area contributed by atoms with Gasteiger partial charge in [-0.2, -0.15) is 0 Å². The summed E-state index contributed by atoms with van der Waals surface area (Å²) in [5.41, 5.74) is 0.102. The number of rotatable bonds is 5. The number of halogens is 1. The first-order valence-corrected chi connectivity index (χ1v) is 7.77. The molecule has 1 N–H and O–H groups in total. The number of fused-ring (bicyclic) bond motifs is 1. The Morgan fingerprint density at radius 1 is 1.55 bits per heavy atom. The van der Waals surface area contributed by atoms with Gasteiger partial charge >= 0.3 is 5.97 Å². The summed E-state index contributed by atoms with van der Waals surface area (Å²) in [6.45, 7) is 2.50. The minimum atomic E-state index is -0.894. The molecular formula is C16H17ClN2O3. The SMILES string of the molecule is CCCC1(C(=O)c2c(Cl)cc3n2CCC3C(=O)O)C=CC=N1. The van der Waals surface area contributed by atoms with E-state index >= 15 is 0 Å². The van der Waals surface area contributed by atoms with E-state index in [0.29, 0.717) is 35.8 Å². The average molecular weight is 321 g/mol. The van der Waals surface area contributed by atoms with E-state index in [1.807, 2.05) is 6.92 Å². The molecule has 1 aromatic heterocycles. The molecule has 2 aliphatic rings. The molecule has 3 heterocycles. The van der Waals surface area contributed by atoms with E-state index in [9.17, 15) is 14.7 Å². The van der Waals surface area contributed by atoms with E-state index in [1.165, 1.54) is 0 Å². The molecule has 1 aromatic rings. The van der Waals surface area contributed by atoms with Gasteiger partial charge in [-0.3, -0.25) is 14.6 Å². The maximum atomic E-state index is 13.1. The van der Waals surface area contributed by atoms with Crippen molar-refractivity contribution in [1.82, 2.24) is 4.57 Å². The minimum absolute atomic E-state index is 0.151. The van der Waals surface area contributed by atoms with Gasteiger partial charge in [0.25, 0.3) is 0 Å². The summed E-state index contributed by atoms with van der Waals surface area (Å²) >= 11 is 6.26. The number of Topliss-reactive ketones (excluding diaryl/α,β-unsaturated/α-hetero) is 1. The Morgan fingerprint density at radius 3 is 2.91 bits per heavy atom. The van der Waals surface area contributed by atoms with Crippen molar-refractivity contribution in [3.63, 3.8) is 0 Å². The Bertz CT molecular complexity index is 690. The van der Waals surface area contributed by atoms with Crippen LogP contribution in [0.5, 0.6) is 0 Å². The molecule has 0 radical (unpaired) electrons. The molecule has 0 spiro atoms. The summed E-state index contributed by atoms with van der Waals surface area (Å²) < 4.78 is 1.75. The zero-order valence-electron chi connectivity index (χ0n) is 12.3. The smallest absolute Gasteiger partial charge is 0.312 e. The number of hydrogen-bond acceptors (Lipinski definition) is 3. The molecule has 2 unspecified atom stereocenters. The van der Waals surface area contributed by atoms with E-state index < -0.39 is 17.4 Å². The van der Waals surface area contributed by atoms with Crippen LogP contribution in [0.2, 0.25) is 5.02 Å². The molecule has 0 bridgehead atoms. The highest BCUT2D eigenvalue weighted by atomic mass is 35.5. The molecule has 6 heteroatoms. The number of allylic oxidation sites excluding steroid dienone is 1. The summed E-state index contributed by atoms with van der Waals surface area (Å²) in [7, 11) is 0. The first-order valence-electron chi connectivity index (χ1n) is 7.40. The number of carboxylic acid groups (broad SMARTS) is 1. The summed E-state index contributed by atoms with van der Waals surface area (Å²) in [6, 6.07) is 1.61. The molecule has 3 rings (SSSR count). The topological polar surface area (TPSA) is 71.7 Å². The van der Waals surface area contributed by atoms with E-state index in [1.54, 1.807) is 29.0 Å². The van der Waals surface area contributed by atoms with E-state index in [0.717, 1.165) is 6.42 Å². The van der Waals surface area contributed by atoms with Crippen LogP contribution in [0, 0.1) is 0 Å². The minimum Gasteiger partial charge on any atom is -0.481 e. The fourth-order valence-electron chi connectivity index (χ4n) is 3.35. The lowest BCUT2D eigenvalue weighted by Gasteiger charge is -2.23. The Kier molecular flexibility index (Phi) is 3.68. The summed E-state index contributed by atoms with van der Waals surface area (Å²) in [5.74, 6) is -1.63. The van der Waals surface area contributed by atoms with Crippen molar-refractivity contribution in [3.8, 4) is 0 Å². The van der Waals surface area contributed by atoms with Crippen molar-refractivity contribution >= 4 is 29.6 Å². The van der Waals surface area contributed by atoms with Gasteiger partial charge in [-0.15, -0.1) is 0 Å². The van der Waals surface area contributed by atoms with Gasteiger partial charge in [-0.05, 0) is 31.1 Å². The molecule has 5 nitrogen and oxygen atoms in total. The predicted octanol–water partition coefficient (Wildman–Crippen LogP) is 3.08. The van der Waals surface area contributed by atoms with E-state index in [4.69, 9.17) is 11.6 Å². The van der Waals surface area contributed by atoms with Crippen molar-refractivity contribution in [2.75, 3.05) is 0 Å². The molecule has 0 fully saturated rings. The van der Waals surface area contributed by atoms with Crippen molar-refractivity contribution in [3.05, 3.63) is 34.6 Å². The number of hydrogen-bond donors (Lipinski definition) is 1. The number of carboxylic acids is 1. The molecule has 0 amide bonds. The molecule has 116 valence electrons. The summed E-state index contributed by atoms with van der Waals surface area (Å²) in [5, 5.41) is 9.59. The van der Waals surface area contributed by atoms with E-state index in [2.05, 4.69) is 4.99 Å². The lowest BCUT2D eigenvalue weighted by molar-refractivity contribution is -0.138. The quantitative estimate of drug-likeness (QED) is 0.847. The lowest BCUT2D eigenvalue weighted by Crippen LogP contribution is -2.35. The number of aliphatic imine (C=N–C) groups is 1. The first kappa shape index (κ1) is 15.0. The third-order valence-corrected chi connectivity index (χ3v) is 4.67. The number of nitrogens with zero attached hydrogens (tertiary/aromatic N) is 2. The number of aromatic nitrogens is 1. The molecule has 22 heavy (non-hydrogen) atoms. The van der Waals surface area contributed by atoms with Gasteiger partial charge in [0.05, 0.1) is 10.9 Å². The maximum Gasteiger partial charge on any atom is 0.312 e. The summed E-state index contributed by atoms with van der Waals surface area (Å²) in [4.78, 5) is 28.7. The van der Waals surface area contributed by atoms with Crippen LogP contribution in [0.1, 0.15) is 48.3 Å². The van der Waals surface area contributed by atoms with Crippen LogP contribution in [-0.4, -0.2) is 33.2 Å². The van der Waals surface area contributed by atoms with Crippen molar-refractivity contribution < 1.29 is 14.7 Å². The predicted molar refractivity (Wildman–Crippen MR) is 84.0 cm³/mol. The summed E-state index contributed by atoms with van der Waals surface area (Å²) in [6.07, 6.45) is 7.12. The van der Waals surface area contributed by atoms with Gasteiger partial charge in [-0.1, -0.05) is 24.9 Å². The second-order valence-corrected chi connectivity index (χ2v) is 6.14. The van der Waals surface area contributed by atoms with Gasteiger partial charge < -0.3 is 9.67 Å². The van der Waals surface area contributed by atoms with Crippen LogP contribution in [0.4, 0.5) is 0 Å². The van der Waals surface area contributed by atoms with Gasteiger partial charge in [0.2, 0.25) is 5.78 Å². The van der Waals surface area contributed by atoms with Crippen molar-refractivity contribution in [2.45, 2.75) is 44.2 Å². The van der Waals surface area contributed by atoms with Crippen molar-refractivity contribution in [2.24, 2.45) is 4.99 Å². The molecule has 0 aromatic carbocycles. The Hall–Kier alpha value is -1.88. The highest BCUT2D eigenvalue weighted by Gasteiger charge is 2.42. The Labute approximate surface area is 133 Å². The standard InChI is InChI=1S/C16H17ClN2O3/c1-2-5-16(6-3-7-18-16)14(20)13-11(17)9-12-10(15(21)22)4-8-19(12)13/h3,6-7,9-10H,2,4-5,8H2,1H3,(H,21,22). The fraction of sp³-hybridized carbons (Fsp3) is 0.438. The second-order valence-electron chi connectivity index (χ2n) is 5.74. The molecular weight excluding hydrogens is 304 g/mol. The second kappa shape index (κ2) is 5.39. The zero-order valence-corrected chi connectivity index (χ0v) is 13.0. The number of aliphatic carboxylic acids is 1. The Balaban J connectivity index is 2.05. The van der Waals surface area contributed by atoms with Gasteiger partial charge in [0.1, 0.15) is 11.2 Å². The number of carbonyl (C=O) groups is 2. The van der Waals surface area contributed by atoms with Crippen LogP contribution >= 0.6 is 11.6 Å². The largest absolute Gasteiger partial charge is 0.481 e. The number of ketones is 1. The highest BCUT2D eigenvalue weighted by molar-refractivity contribution is 6.34. The molecule has 0 aliphatic carbocycles.